The second kappa shape index (κ2) is 12.0. The number of benzene rings is 3. The average Bonchev–Trinajstić information content (AvgIpc) is 3.44. The van der Waals surface area contributed by atoms with E-state index < -0.39 is 6.04 Å². The summed E-state index contributed by atoms with van der Waals surface area (Å²) in [5.41, 5.74) is 2.60. The Hall–Kier alpha value is -5.06. The van der Waals surface area contributed by atoms with Gasteiger partial charge in [-0.1, -0.05) is 24.3 Å². The predicted octanol–water partition coefficient (Wildman–Crippen LogP) is 5.34. The van der Waals surface area contributed by atoms with Crippen LogP contribution in [0.3, 0.4) is 0 Å². The lowest BCUT2D eigenvalue weighted by atomic mass is 9.94. The van der Waals surface area contributed by atoms with Gasteiger partial charge in [0.15, 0.2) is 11.5 Å². The van der Waals surface area contributed by atoms with Crippen molar-refractivity contribution in [2.75, 3.05) is 31.5 Å². The first kappa shape index (κ1) is 27.5. The topological polar surface area (TPSA) is 109 Å². The Bertz CT molecular complexity index is 1600. The van der Waals surface area contributed by atoms with Gasteiger partial charge in [-0.15, -0.1) is 0 Å². The van der Waals surface area contributed by atoms with Crippen LogP contribution in [-0.2, 0) is 11.4 Å². The standard InChI is InChI=1S/C30H30FN5O5/c1-5-40-26-14-19(10-12-25(26)41-16-20-8-6-7-9-22(20)31)28-27(18(2)34-30-32-17-33-36(28)30)29(37)35-23-15-21(38-3)11-13-24(23)39-4/h6-15,17,28H,5,16H2,1-4H3,(H,35,37)(H,32,33,34)/t28-/m0/s1. The van der Waals surface area contributed by atoms with E-state index in [1.807, 2.05) is 13.0 Å². The number of nitrogens with zero attached hydrogens (tertiary/aromatic N) is 3. The number of carbonyl (C=O) groups excluding carboxylic acids is 1. The SMILES string of the molecule is CCOc1cc([C@H]2C(C(=O)Nc3cc(OC)ccc3OC)=C(C)Nc3ncnn32)ccc1OCc1ccccc1F. The first-order valence-corrected chi connectivity index (χ1v) is 13.0. The fourth-order valence-electron chi connectivity index (χ4n) is 4.65. The van der Waals surface area contributed by atoms with E-state index in [0.29, 0.717) is 63.6 Å². The minimum atomic E-state index is -0.648. The van der Waals surface area contributed by atoms with Crippen LogP contribution in [0.1, 0.15) is 31.0 Å². The van der Waals surface area contributed by atoms with Crippen LogP contribution in [0.2, 0.25) is 0 Å². The van der Waals surface area contributed by atoms with Gasteiger partial charge >= 0.3 is 0 Å². The van der Waals surface area contributed by atoms with Crippen molar-refractivity contribution in [3.8, 4) is 23.0 Å². The number of allylic oxidation sites excluding steroid dienone is 1. The summed E-state index contributed by atoms with van der Waals surface area (Å²) in [5.74, 6) is 1.71. The van der Waals surface area contributed by atoms with Crippen LogP contribution in [0.5, 0.6) is 23.0 Å². The van der Waals surface area contributed by atoms with Crippen LogP contribution in [0.25, 0.3) is 0 Å². The van der Waals surface area contributed by atoms with Gasteiger partial charge in [-0.3, -0.25) is 4.79 Å². The summed E-state index contributed by atoms with van der Waals surface area (Å²) >= 11 is 0. The van der Waals surface area contributed by atoms with E-state index in [1.165, 1.54) is 19.5 Å². The van der Waals surface area contributed by atoms with Crippen LogP contribution in [-0.4, -0.2) is 41.5 Å². The number of hydrogen-bond acceptors (Lipinski definition) is 8. The molecule has 212 valence electrons. The van der Waals surface area contributed by atoms with Crippen molar-refractivity contribution in [3.63, 3.8) is 0 Å². The third-order valence-corrected chi connectivity index (χ3v) is 6.62. The zero-order chi connectivity index (χ0) is 28.9. The van der Waals surface area contributed by atoms with Crippen molar-refractivity contribution < 1.29 is 28.1 Å². The first-order chi connectivity index (χ1) is 19.9. The lowest BCUT2D eigenvalue weighted by Crippen LogP contribution is -2.31. The van der Waals surface area contributed by atoms with Gasteiger partial charge in [0.05, 0.1) is 32.1 Å². The maximum Gasteiger partial charge on any atom is 0.255 e. The van der Waals surface area contributed by atoms with Crippen molar-refractivity contribution in [2.45, 2.75) is 26.5 Å². The number of rotatable bonds is 10. The minimum absolute atomic E-state index is 0.0295. The Kier molecular flexibility index (Phi) is 8.04. The molecule has 1 aliphatic rings. The summed E-state index contributed by atoms with van der Waals surface area (Å²) in [7, 11) is 3.08. The third-order valence-electron chi connectivity index (χ3n) is 6.62. The fraction of sp³-hybridized carbons (Fsp3) is 0.233. The normalized spacial score (nSPS) is 14.1. The highest BCUT2D eigenvalue weighted by atomic mass is 19.1. The molecule has 3 aromatic carbocycles. The number of halogens is 1. The molecule has 0 spiro atoms. The van der Waals surface area contributed by atoms with Gasteiger partial charge in [0.1, 0.15) is 36.3 Å². The van der Waals surface area contributed by atoms with Gasteiger partial charge in [-0.25, -0.2) is 9.07 Å². The molecule has 1 amide bonds. The van der Waals surface area contributed by atoms with E-state index in [2.05, 4.69) is 20.7 Å². The molecule has 41 heavy (non-hydrogen) atoms. The molecule has 0 radical (unpaired) electrons. The lowest BCUT2D eigenvalue weighted by molar-refractivity contribution is -0.113. The second-order valence-corrected chi connectivity index (χ2v) is 9.13. The largest absolute Gasteiger partial charge is 0.497 e. The van der Waals surface area contributed by atoms with Crippen molar-refractivity contribution in [1.29, 1.82) is 0 Å². The van der Waals surface area contributed by atoms with Crippen LogP contribution in [0.15, 0.2) is 78.3 Å². The summed E-state index contributed by atoms with van der Waals surface area (Å²) in [6, 6.07) is 16.3. The van der Waals surface area contributed by atoms with Gasteiger partial charge in [0, 0.05) is 17.3 Å². The molecule has 2 heterocycles. The molecule has 1 aromatic heterocycles. The van der Waals surface area contributed by atoms with Gasteiger partial charge in [0.2, 0.25) is 5.95 Å². The molecule has 0 fully saturated rings. The maximum atomic E-state index is 14.2. The number of anilines is 2. The molecule has 10 nitrogen and oxygen atoms in total. The summed E-state index contributed by atoms with van der Waals surface area (Å²) in [6.07, 6.45) is 1.42. The van der Waals surface area contributed by atoms with Gasteiger partial charge in [-0.05, 0) is 49.7 Å². The Labute approximate surface area is 236 Å². The molecule has 1 atom stereocenters. The van der Waals surface area contributed by atoms with Crippen molar-refractivity contribution >= 4 is 17.5 Å². The summed E-state index contributed by atoms with van der Waals surface area (Å²) in [5, 5.41) is 10.5. The Morgan fingerprint density at radius 3 is 2.59 bits per heavy atom. The molecule has 2 N–H and O–H groups in total. The van der Waals surface area contributed by atoms with E-state index in [0.717, 1.165) is 0 Å². The predicted molar refractivity (Wildman–Crippen MR) is 151 cm³/mol. The monoisotopic (exact) mass is 559 g/mol. The number of nitrogens with one attached hydrogen (secondary N) is 2. The molecule has 0 unspecified atom stereocenters. The van der Waals surface area contributed by atoms with Crippen molar-refractivity contribution in [3.05, 3.63) is 95.2 Å². The van der Waals surface area contributed by atoms with E-state index in [9.17, 15) is 9.18 Å². The van der Waals surface area contributed by atoms with E-state index >= 15 is 0 Å². The van der Waals surface area contributed by atoms with Crippen LogP contribution >= 0.6 is 0 Å². The van der Waals surface area contributed by atoms with Gasteiger partial charge < -0.3 is 29.6 Å². The molecular formula is C30H30FN5O5. The van der Waals surface area contributed by atoms with Crippen molar-refractivity contribution in [1.82, 2.24) is 14.8 Å². The van der Waals surface area contributed by atoms with Crippen LogP contribution in [0, 0.1) is 5.82 Å². The molecule has 1 aliphatic heterocycles. The molecule has 0 aliphatic carbocycles. The molecule has 0 saturated heterocycles. The van der Waals surface area contributed by atoms with Crippen LogP contribution < -0.4 is 29.6 Å². The average molecular weight is 560 g/mol. The number of fused-ring (bicyclic) bond motifs is 1. The third kappa shape index (κ3) is 5.65. The number of aromatic nitrogens is 3. The fourth-order valence-corrected chi connectivity index (χ4v) is 4.65. The molecule has 4 aromatic rings. The minimum Gasteiger partial charge on any atom is -0.497 e. The second-order valence-electron chi connectivity index (χ2n) is 9.13. The van der Waals surface area contributed by atoms with E-state index in [-0.39, 0.29) is 18.3 Å². The highest BCUT2D eigenvalue weighted by molar-refractivity contribution is 6.06. The van der Waals surface area contributed by atoms with Crippen LogP contribution in [0.4, 0.5) is 16.0 Å². The maximum absolute atomic E-state index is 14.2. The zero-order valence-electron chi connectivity index (χ0n) is 23.1. The quantitative estimate of drug-likeness (QED) is 0.268. The Balaban J connectivity index is 1.51. The van der Waals surface area contributed by atoms with E-state index in [4.69, 9.17) is 18.9 Å². The van der Waals surface area contributed by atoms with Crippen molar-refractivity contribution in [2.24, 2.45) is 0 Å². The lowest BCUT2D eigenvalue weighted by Gasteiger charge is -2.29. The molecule has 5 rings (SSSR count). The zero-order valence-corrected chi connectivity index (χ0v) is 23.1. The number of amides is 1. The summed E-state index contributed by atoms with van der Waals surface area (Å²) < 4.78 is 38.4. The number of ether oxygens (including phenoxy) is 4. The van der Waals surface area contributed by atoms with Gasteiger partial charge in [-0.2, -0.15) is 10.1 Å². The molecular weight excluding hydrogens is 529 g/mol. The first-order valence-electron chi connectivity index (χ1n) is 13.0. The molecule has 0 saturated carbocycles. The molecule has 0 bridgehead atoms. The Morgan fingerprint density at radius 1 is 1.02 bits per heavy atom. The highest BCUT2D eigenvalue weighted by Crippen LogP contribution is 2.40. The molecule has 11 heteroatoms. The number of hydrogen-bond donors (Lipinski definition) is 2. The van der Waals surface area contributed by atoms with E-state index in [1.54, 1.807) is 67.2 Å². The van der Waals surface area contributed by atoms with Gasteiger partial charge in [0.25, 0.3) is 5.91 Å². The summed E-state index contributed by atoms with van der Waals surface area (Å²) in [4.78, 5) is 18.2. The smallest absolute Gasteiger partial charge is 0.255 e. The number of carbonyl (C=O) groups is 1. The highest BCUT2D eigenvalue weighted by Gasteiger charge is 2.34. The Morgan fingerprint density at radius 2 is 1.83 bits per heavy atom. The number of methoxy groups -OCH3 is 2. The summed E-state index contributed by atoms with van der Waals surface area (Å²) in [6.45, 7) is 4.07.